The van der Waals surface area contributed by atoms with Gasteiger partial charge in [0.25, 0.3) is 0 Å². The number of rotatable bonds is 7. The number of carbonyl (C=O) groups is 3. The van der Waals surface area contributed by atoms with Crippen LogP contribution in [-0.2, 0) is 20.8 Å². The lowest BCUT2D eigenvalue weighted by Crippen LogP contribution is -2.56. The first-order chi connectivity index (χ1) is 12.3. The molecule has 1 aromatic carbocycles. The van der Waals surface area contributed by atoms with Crippen LogP contribution in [0.1, 0.15) is 32.3 Å². The van der Waals surface area contributed by atoms with Gasteiger partial charge in [-0.3, -0.25) is 9.59 Å². The van der Waals surface area contributed by atoms with Crippen molar-refractivity contribution in [2.24, 2.45) is 11.7 Å². The predicted octanol–water partition coefficient (Wildman–Crippen LogP) is 0.773. The van der Waals surface area contributed by atoms with Crippen molar-refractivity contribution in [3.05, 3.63) is 35.9 Å². The Morgan fingerprint density at radius 1 is 1.27 bits per heavy atom. The Kier molecular flexibility index (Phi) is 6.74. The van der Waals surface area contributed by atoms with E-state index in [2.05, 4.69) is 5.32 Å². The summed E-state index contributed by atoms with van der Waals surface area (Å²) in [5, 5.41) is 12.1. The van der Waals surface area contributed by atoms with E-state index in [9.17, 15) is 19.5 Å². The van der Waals surface area contributed by atoms with Gasteiger partial charge in [-0.15, -0.1) is 0 Å². The second kappa shape index (κ2) is 8.80. The maximum Gasteiger partial charge on any atom is 0.326 e. The number of benzene rings is 1. The summed E-state index contributed by atoms with van der Waals surface area (Å²) in [6, 6.07) is 6.92. The minimum atomic E-state index is -1.01. The molecule has 0 bridgehead atoms. The van der Waals surface area contributed by atoms with E-state index in [0.29, 0.717) is 25.8 Å². The first-order valence-corrected chi connectivity index (χ1v) is 8.94. The van der Waals surface area contributed by atoms with Crippen molar-refractivity contribution in [2.45, 2.75) is 51.2 Å². The van der Waals surface area contributed by atoms with Gasteiger partial charge in [-0.1, -0.05) is 44.2 Å². The van der Waals surface area contributed by atoms with Gasteiger partial charge in [0.15, 0.2) is 0 Å². The van der Waals surface area contributed by atoms with E-state index in [-0.39, 0.29) is 11.8 Å². The van der Waals surface area contributed by atoms with E-state index in [1.807, 2.05) is 44.2 Å². The summed E-state index contributed by atoms with van der Waals surface area (Å²) in [6.07, 6.45) is 1.36. The molecule has 1 fully saturated rings. The van der Waals surface area contributed by atoms with Gasteiger partial charge in [-0.25, -0.2) is 4.79 Å². The fourth-order valence-electron chi connectivity index (χ4n) is 3.11. The van der Waals surface area contributed by atoms with Crippen molar-refractivity contribution in [1.82, 2.24) is 10.2 Å². The normalized spacial score (nSPS) is 19.2. The Morgan fingerprint density at radius 2 is 1.92 bits per heavy atom. The van der Waals surface area contributed by atoms with Crippen LogP contribution < -0.4 is 11.1 Å². The van der Waals surface area contributed by atoms with Gasteiger partial charge < -0.3 is 21.1 Å². The maximum absolute atomic E-state index is 13.0. The monoisotopic (exact) mass is 361 g/mol. The summed E-state index contributed by atoms with van der Waals surface area (Å²) in [6.45, 7) is 4.05. The van der Waals surface area contributed by atoms with Crippen LogP contribution in [0.25, 0.3) is 0 Å². The number of aliphatic carboxylic acids is 1. The highest BCUT2D eigenvalue weighted by atomic mass is 16.4. The summed E-state index contributed by atoms with van der Waals surface area (Å²) >= 11 is 0. The molecule has 0 spiro atoms. The third kappa shape index (κ3) is 4.82. The summed E-state index contributed by atoms with van der Waals surface area (Å²) in [5.41, 5.74) is 6.78. The standard InChI is InChI=1S/C19H27N3O4/c1-12(2)16(20)17(23)21-14(11-13-7-4-3-5-8-13)18(24)22-10-6-9-15(22)19(25)26/h3-5,7-8,12,14-16H,6,9-11,20H2,1-2H3,(H,21,23)(H,25,26)/t14-,15+,16-/m0/s1. The highest BCUT2D eigenvalue weighted by Gasteiger charge is 2.38. The Labute approximate surface area is 153 Å². The molecule has 1 saturated heterocycles. The average molecular weight is 361 g/mol. The van der Waals surface area contributed by atoms with Gasteiger partial charge in [0, 0.05) is 13.0 Å². The molecule has 4 N–H and O–H groups in total. The van der Waals surface area contributed by atoms with Crippen LogP contribution >= 0.6 is 0 Å². The molecule has 7 nitrogen and oxygen atoms in total. The van der Waals surface area contributed by atoms with Crippen molar-refractivity contribution in [1.29, 1.82) is 0 Å². The van der Waals surface area contributed by atoms with E-state index < -0.39 is 30.0 Å². The van der Waals surface area contributed by atoms with Gasteiger partial charge in [0.1, 0.15) is 12.1 Å². The molecule has 0 radical (unpaired) electrons. The lowest BCUT2D eigenvalue weighted by molar-refractivity contribution is -0.149. The zero-order chi connectivity index (χ0) is 19.3. The molecule has 0 saturated carbocycles. The van der Waals surface area contributed by atoms with E-state index in [4.69, 9.17) is 5.73 Å². The number of carboxylic acids is 1. The molecule has 0 aromatic heterocycles. The Bertz CT molecular complexity index is 647. The highest BCUT2D eigenvalue weighted by Crippen LogP contribution is 2.19. The average Bonchev–Trinajstić information content (AvgIpc) is 3.10. The fraction of sp³-hybridized carbons (Fsp3) is 0.526. The smallest absolute Gasteiger partial charge is 0.326 e. The summed E-state index contributed by atoms with van der Waals surface area (Å²) < 4.78 is 0. The number of hydrogen-bond donors (Lipinski definition) is 3. The molecule has 1 heterocycles. The van der Waals surface area contributed by atoms with Crippen LogP contribution in [0.3, 0.4) is 0 Å². The van der Waals surface area contributed by atoms with Crippen molar-refractivity contribution in [2.75, 3.05) is 6.54 Å². The Morgan fingerprint density at radius 3 is 2.50 bits per heavy atom. The van der Waals surface area contributed by atoms with Crippen molar-refractivity contribution in [3.63, 3.8) is 0 Å². The topological polar surface area (TPSA) is 113 Å². The summed E-state index contributed by atoms with van der Waals surface area (Å²) in [7, 11) is 0. The van der Waals surface area contributed by atoms with Crippen molar-refractivity contribution >= 4 is 17.8 Å². The first kappa shape index (κ1) is 19.9. The quantitative estimate of drug-likeness (QED) is 0.664. The van der Waals surface area contributed by atoms with Crippen LogP contribution in [-0.4, -0.2) is 52.5 Å². The van der Waals surface area contributed by atoms with E-state index >= 15 is 0 Å². The zero-order valence-electron chi connectivity index (χ0n) is 15.2. The molecule has 7 heteroatoms. The molecular weight excluding hydrogens is 334 g/mol. The number of carbonyl (C=O) groups excluding carboxylic acids is 2. The summed E-state index contributed by atoms with van der Waals surface area (Å²) in [4.78, 5) is 38.2. The number of amides is 2. The number of nitrogens with one attached hydrogen (secondary N) is 1. The molecule has 0 unspecified atom stereocenters. The Hall–Kier alpha value is -2.41. The molecule has 1 aliphatic rings. The minimum Gasteiger partial charge on any atom is -0.480 e. The van der Waals surface area contributed by atoms with E-state index in [1.54, 1.807) is 0 Å². The zero-order valence-corrected chi connectivity index (χ0v) is 15.2. The minimum absolute atomic E-state index is 0.0685. The number of nitrogens with zero attached hydrogens (tertiary/aromatic N) is 1. The largest absolute Gasteiger partial charge is 0.480 e. The van der Waals surface area contributed by atoms with Crippen LogP contribution in [0.5, 0.6) is 0 Å². The SMILES string of the molecule is CC(C)[C@H](N)C(=O)N[C@@H](Cc1ccccc1)C(=O)N1CCC[C@@H]1C(=O)O. The number of carboxylic acid groups (broad SMARTS) is 1. The number of likely N-dealkylation sites (tertiary alicyclic amines) is 1. The van der Waals surface area contributed by atoms with Crippen LogP contribution in [0.15, 0.2) is 30.3 Å². The lowest BCUT2D eigenvalue weighted by atomic mass is 10.0. The molecule has 2 amide bonds. The van der Waals surface area contributed by atoms with Gasteiger partial charge in [-0.05, 0) is 24.3 Å². The van der Waals surface area contributed by atoms with Crippen molar-refractivity contribution in [3.8, 4) is 0 Å². The number of nitrogens with two attached hydrogens (primary N) is 1. The molecule has 2 rings (SSSR count). The van der Waals surface area contributed by atoms with E-state index in [1.165, 1.54) is 4.90 Å². The van der Waals surface area contributed by atoms with Gasteiger partial charge in [-0.2, -0.15) is 0 Å². The van der Waals surface area contributed by atoms with Crippen LogP contribution in [0.2, 0.25) is 0 Å². The second-order valence-corrected chi connectivity index (χ2v) is 7.05. The summed E-state index contributed by atoms with van der Waals surface area (Å²) in [5.74, 6) is -1.86. The lowest BCUT2D eigenvalue weighted by Gasteiger charge is -2.28. The van der Waals surface area contributed by atoms with E-state index in [0.717, 1.165) is 5.56 Å². The molecule has 142 valence electrons. The third-order valence-corrected chi connectivity index (χ3v) is 4.74. The number of hydrogen-bond acceptors (Lipinski definition) is 4. The molecule has 3 atom stereocenters. The fourth-order valence-corrected chi connectivity index (χ4v) is 3.11. The maximum atomic E-state index is 13.0. The molecule has 0 aliphatic carbocycles. The van der Waals surface area contributed by atoms with Crippen LogP contribution in [0.4, 0.5) is 0 Å². The second-order valence-electron chi connectivity index (χ2n) is 7.05. The molecule has 1 aliphatic heterocycles. The van der Waals surface area contributed by atoms with Crippen molar-refractivity contribution < 1.29 is 19.5 Å². The molecular formula is C19H27N3O4. The van der Waals surface area contributed by atoms with Gasteiger partial charge in [0.05, 0.1) is 6.04 Å². The molecule has 26 heavy (non-hydrogen) atoms. The predicted molar refractivity (Wildman–Crippen MR) is 97.3 cm³/mol. The molecule has 1 aromatic rings. The van der Waals surface area contributed by atoms with Gasteiger partial charge >= 0.3 is 5.97 Å². The Balaban J connectivity index is 2.20. The highest BCUT2D eigenvalue weighted by molar-refractivity contribution is 5.92. The van der Waals surface area contributed by atoms with Gasteiger partial charge in [0.2, 0.25) is 11.8 Å². The third-order valence-electron chi connectivity index (χ3n) is 4.74. The van der Waals surface area contributed by atoms with Crippen LogP contribution in [0, 0.1) is 5.92 Å². The first-order valence-electron chi connectivity index (χ1n) is 8.94.